The average Bonchev–Trinajstić information content (AvgIpc) is 1.81. The van der Waals surface area contributed by atoms with E-state index in [1.54, 1.807) is 0 Å². The summed E-state index contributed by atoms with van der Waals surface area (Å²) in [6.45, 7) is 9.75. The van der Waals surface area contributed by atoms with Gasteiger partial charge in [0.05, 0.1) is 6.10 Å². The first-order valence-corrected chi connectivity index (χ1v) is 3.88. The Hall–Kier alpha value is -0.300. The Kier molecular flexibility index (Phi) is 7.75. The van der Waals surface area contributed by atoms with Gasteiger partial charge < -0.3 is 5.11 Å². The molecular formula is C10H22O. The number of allylic oxidation sites excluding steroid dienone is 1. The van der Waals surface area contributed by atoms with Gasteiger partial charge in [0, 0.05) is 0 Å². The molecule has 11 heavy (non-hydrogen) atoms. The van der Waals surface area contributed by atoms with Gasteiger partial charge in [0.2, 0.25) is 0 Å². The van der Waals surface area contributed by atoms with Gasteiger partial charge in [-0.25, -0.2) is 0 Å². The molecule has 1 nitrogen and oxygen atoms in total. The third-order valence-corrected chi connectivity index (χ3v) is 1.91. The van der Waals surface area contributed by atoms with Crippen LogP contribution in [0.1, 0.15) is 34.6 Å². The third-order valence-electron chi connectivity index (χ3n) is 1.91. The van der Waals surface area contributed by atoms with Gasteiger partial charge in [-0.15, -0.1) is 6.58 Å². The molecule has 0 fully saturated rings. The van der Waals surface area contributed by atoms with Gasteiger partial charge in [-0.3, -0.25) is 0 Å². The molecule has 0 aliphatic rings. The van der Waals surface area contributed by atoms with E-state index in [4.69, 9.17) is 0 Å². The monoisotopic (exact) mass is 158 g/mol. The van der Waals surface area contributed by atoms with Crippen LogP contribution < -0.4 is 0 Å². The van der Waals surface area contributed by atoms with E-state index in [2.05, 4.69) is 20.4 Å². The van der Waals surface area contributed by atoms with E-state index < -0.39 is 0 Å². The molecule has 0 spiro atoms. The highest BCUT2D eigenvalue weighted by Gasteiger charge is 2.16. The van der Waals surface area contributed by atoms with Crippen LogP contribution in [0.5, 0.6) is 0 Å². The molecule has 0 aromatic heterocycles. The first kappa shape index (κ1) is 13.3. The fraction of sp³-hybridized carbons (Fsp3) is 0.800. The summed E-state index contributed by atoms with van der Waals surface area (Å²) in [5.74, 6) is 0.912. The minimum absolute atomic E-state index is 0. The molecule has 0 aromatic rings. The lowest BCUT2D eigenvalue weighted by molar-refractivity contribution is 0.0994. The van der Waals surface area contributed by atoms with E-state index in [-0.39, 0.29) is 13.5 Å². The lowest BCUT2D eigenvalue weighted by atomic mass is 9.88. The number of hydrogen-bond acceptors (Lipinski definition) is 1. The predicted molar refractivity (Wildman–Crippen MR) is 51.6 cm³/mol. The zero-order valence-electron chi connectivity index (χ0n) is 7.17. The Morgan fingerprint density at radius 2 is 1.82 bits per heavy atom. The van der Waals surface area contributed by atoms with E-state index in [9.17, 15) is 5.11 Å². The normalized spacial score (nSPS) is 15.4. The van der Waals surface area contributed by atoms with Crippen LogP contribution in [-0.2, 0) is 0 Å². The first-order valence-electron chi connectivity index (χ1n) is 3.88. The minimum atomic E-state index is -0.210. The van der Waals surface area contributed by atoms with Crippen molar-refractivity contribution < 1.29 is 5.11 Å². The van der Waals surface area contributed by atoms with Gasteiger partial charge >= 0.3 is 0 Å². The van der Waals surface area contributed by atoms with Crippen molar-refractivity contribution in [3.8, 4) is 0 Å². The fourth-order valence-corrected chi connectivity index (χ4v) is 1.22. The van der Waals surface area contributed by atoms with Gasteiger partial charge in [0.15, 0.2) is 0 Å². The van der Waals surface area contributed by atoms with Crippen molar-refractivity contribution in [2.75, 3.05) is 0 Å². The zero-order chi connectivity index (χ0) is 8.15. The number of hydrogen-bond donors (Lipinski definition) is 1. The van der Waals surface area contributed by atoms with Crippen molar-refractivity contribution in [1.29, 1.82) is 0 Å². The second kappa shape index (κ2) is 6.41. The van der Waals surface area contributed by atoms with Crippen LogP contribution in [0.4, 0.5) is 0 Å². The molecule has 1 heteroatoms. The summed E-state index contributed by atoms with van der Waals surface area (Å²) in [5, 5.41) is 9.27. The van der Waals surface area contributed by atoms with E-state index >= 15 is 0 Å². The Morgan fingerprint density at radius 1 is 1.36 bits per heavy atom. The Labute approximate surface area is 71.1 Å². The van der Waals surface area contributed by atoms with Crippen molar-refractivity contribution >= 4 is 0 Å². The largest absolute Gasteiger partial charge is 0.393 e. The highest BCUT2D eigenvalue weighted by Crippen LogP contribution is 2.19. The molecule has 68 valence electrons. The molecule has 0 heterocycles. The maximum atomic E-state index is 9.27. The second-order valence-electron chi connectivity index (χ2n) is 3.17. The van der Waals surface area contributed by atoms with E-state index in [1.165, 1.54) is 0 Å². The zero-order valence-corrected chi connectivity index (χ0v) is 7.17. The maximum Gasteiger partial charge on any atom is 0.0545 e. The molecule has 0 radical (unpaired) electrons. The van der Waals surface area contributed by atoms with E-state index in [1.807, 2.05) is 13.0 Å². The third kappa shape index (κ3) is 5.02. The molecule has 0 unspecified atom stereocenters. The quantitative estimate of drug-likeness (QED) is 0.624. The summed E-state index contributed by atoms with van der Waals surface area (Å²) in [7, 11) is 0. The van der Waals surface area contributed by atoms with Gasteiger partial charge in [-0.2, -0.15) is 0 Å². The number of aliphatic hydroxyl groups is 1. The summed E-state index contributed by atoms with van der Waals surface area (Å²) in [4.78, 5) is 0. The van der Waals surface area contributed by atoms with Crippen LogP contribution >= 0.6 is 0 Å². The molecule has 0 aromatic carbocycles. The fourth-order valence-electron chi connectivity index (χ4n) is 1.22. The van der Waals surface area contributed by atoms with Crippen LogP contribution in [0.25, 0.3) is 0 Å². The van der Waals surface area contributed by atoms with E-state index in [0.29, 0.717) is 11.8 Å². The van der Waals surface area contributed by atoms with Crippen molar-refractivity contribution in [2.24, 2.45) is 11.8 Å². The van der Waals surface area contributed by atoms with Crippen molar-refractivity contribution in [3.05, 3.63) is 12.7 Å². The van der Waals surface area contributed by atoms with Crippen LogP contribution in [0, 0.1) is 11.8 Å². The van der Waals surface area contributed by atoms with Gasteiger partial charge in [-0.1, -0.05) is 27.4 Å². The molecule has 1 N–H and O–H groups in total. The van der Waals surface area contributed by atoms with Crippen molar-refractivity contribution in [1.82, 2.24) is 0 Å². The summed E-state index contributed by atoms with van der Waals surface area (Å²) in [6, 6.07) is 0. The minimum Gasteiger partial charge on any atom is -0.393 e. The Morgan fingerprint density at radius 3 is 1.91 bits per heavy atom. The molecule has 0 aliphatic heterocycles. The SMILES string of the molecule is C.C=CC[C@@H](C(C)C)[C@H](C)O. The lowest BCUT2D eigenvalue weighted by Gasteiger charge is -2.21. The highest BCUT2D eigenvalue weighted by molar-refractivity contribution is 4.78. The van der Waals surface area contributed by atoms with Gasteiger partial charge in [-0.05, 0) is 25.2 Å². The first-order chi connectivity index (χ1) is 4.59. The van der Waals surface area contributed by atoms with Crippen molar-refractivity contribution in [2.45, 2.75) is 40.7 Å². The topological polar surface area (TPSA) is 20.2 Å². The predicted octanol–water partition coefficient (Wildman–Crippen LogP) is 2.85. The van der Waals surface area contributed by atoms with Crippen LogP contribution in [0.3, 0.4) is 0 Å². The molecule has 0 bridgehead atoms. The second-order valence-corrected chi connectivity index (χ2v) is 3.17. The molecule has 0 saturated carbocycles. The van der Waals surface area contributed by atoms with Crippen LogP contribution in [-0.4, -0.2) is 11.2 Å². The standard InChI is InChI=1S/C9H18O.CH4/c1-5-6-9(7(2)3)8(4)10;/h5,7-10H,1,6H2,2-4H3;1H4/t8-,9-;/m0./s1. The van der Waals surface area contributed by atoms with Crippen molar-refractivity contribution in [3.63, 3.8) is 0 Å². The molecular weight excluding hydrogens is 136 g/mol. The molecule has 0 amide bonds. The van der Waals surface area contributed by atoms with Crippen LogP contribution in [0.2, 0.25) is 0 Å². The summed E-state index contributed by atoms with van der Waals surface area (Å²) in [5.41, 5.74) is 0. The van der Waals surface area contributed by atoms with Gasteiger partial charge in [0.25, 0.3) is 0 Å². The summed E-state index contributed by atoms with van der Waals surface area (Å²) < 4.78 is 0. The number of aliphatic hydroxyl groups excluding tert-OH is 1. The molecule has 0 saturated heterocycles. The maximum absolute atomic E-state index is 9.27. The Balaban J connectivity index is 0. The summed E-state index contributed by atoms with van der Waals surface area (Å²) in [6.07, 6.45) is 2.57. The molecule has 0 rings (SSSR count). The Bertz CT molecular complexity index is 87.0. The highest BCUT2D eigenvalue weighted by atomic mass is 16.3. The average molecular weight is 158 g/mol. The van der Waals surface area contributed by atoms with E-state index in [0.717, 1.165) is 6.42 Å². The smallest absolute Gasteiger partial charge is 0.0545 e. The van der Waals surface area contributed by atoms with Gasteiger partial charge in [0.1, 0.15) is 0 Å². The lowest BCUT2D eigenvalue weighted by Crippen LogP contribution is -2.21. The number of rotatable bonds is 4. The van der Waals surface area contributed by atoms with Crippen LogP contribution in [0.15, 0.2) is 12.7 Å². The summed E-state index contributed by atoms with van der Waals surface area (Å²) >= 11 is 0. The molecule has 0 aliphatic carbocycles. The molecule has 2 atom stereocenters.